The highest BCUT2D eigenvalue weighted by Gasteiger charge is 1.95. The monoisotopic (exact) mass is 273 g/mol. The molecule has 76 valence electrons. The van der Waals surface area contributed by atoms with Gasteiger partial charge < -0.3 is 5.32 Å². The molecular formula is C11H13BrClN. The van der Waals surface area contributed by atoms with Crippen molar-refractivity contribution in [1.29, 1.82) is 0 Å². The molecule has 1 aromatic carbocycles. The van der Waals surface area contributed by atoms with Gasteiger partial charge in [-0.2, -0.15) is 0 Å². The number of benzene rings is 1. The van der Waals surface area contributed by atoms with E-state index < -0.39 is 0 Å². The third kappa shape index (κ3) is 3.72. The highest BCUT2D eigenvalue weighted by Crippen LogP contribution is 2.19. The molecular weight excluding hydrogens is 261 g/mol. The van der Waals surface area contributed by atoms with Crippen LogP contribution in [-0.4, -0.2) is 12.4 Å². The summed E-state index contributed by atoms with van der Waals surface area (Å²) >= 11 is 8.94. The lowest BCUT2D eigenvalue weighted by atomic mass is 10.2. The van der Waals surface area contributed by atoms with Gasteiger partial charge >= 0.3 is 0 Å². The van der Waals surface area contributed by atoms with Crippen molar-refractivity contribution in [2.45, 2.75) is 6.92 Å². The van der Waals surface area contributed by atoms with E-state index in [-0.39, 0.29) is 0 Å². The van der Waals surface area contributed by atoms with Gasteiger partial charge in [0, 0.05) is 22.6 Å². The number of halogens is 2. The number of allylic oxidation sites excluding steroid dienone is 1. The average molecular weight is 275 g/mol. The molecule has 0 bridgehead atoms. The van der Waals surface area contributed by atoms with Crippen molar-refractivity contribution >= 4 is 33.2 Å². The molecule has 3 heteroatoms. The molecule has 0 radical (unpaired) electrons. The van der Waals surface area contributed by atoms with E-state index in [0.717, 1.165) is 16.7 Å². The van der Waals surface area contributed by atoms with Gasteiger partial charge in [-0.1, -0.05) is 28.1 Å². The minimum atomic E-state index is 0.570. The maximum atomic E-state index is 5.51. The van der Waals surface area contributed by atoms with E-state index in [2.05, 4.69) is 40.3 Å². The smallest absolute Gasteiger partial charge is 0.0404 e. The molecule has 0 unspecified atom stereocenters. The molecule has 0 aliphatic carbocycles. The highest BCUT2D eigenvalue weighted by atomic mass is 79.9. The summed E-state index contributed by atoms with van der Waals surface area (Å²) in [5.74, 6) is 0.570. The molecule has 0 atom stereocenters. The standard InChI is InChI=1S/C11H13BrClN/c1-9-8-10(12)4-5-11(9)14-7-3-2-6-13/h2-5,8,14H,6-7H2,1H3/b3-2+. The quantitative estimate of drug-likeness (QED) is 0.647. The van der Waals surface area contributed by atoms with E-state index in [9.17, 15) is 0 Å². The van der Waals surface area contributed by atoms with Gasteiger partial charge in [-0.15, -0.1) is 11.6 Å². The predicted octanol–water partition coefficient (Wildman–Crippen LogP) is 3.96. The van der Waals surface area contributed by atoms with Gasteiger partial charge in [-0.05, 0) is 30.7 Å². The van der Waals surface area contributed by atoms with E-state index >= 15 is 0 Å². The first kappa shape index (κ1) is 11.6. The fourth-order valence-electron chi connectivity index (χ4n) is 1.14. The largest absolute Gasteiger partial charge is 0.381 e. The van der Waals surface area contributed by atoms with Crippen LogP contribution in [0.5, 0.6) is 0 Å². The molecule has 0 fully saturated rings. The highest BCUT2D eigenvalue weighted by molar-refractivity contribution is 9.10. The van der Waals surface area contributed by atoms with Crippen molar-refractivity contribution in [3.05, 3.63) is 40.4 Å². The Morgan fingerprint density at radius 2 is 2.21 bits per heavy atom. The van der Waals surface area contributed by atoms with Gasteiger partial charge in [0.1, 0.15) is 0 Å². The maximum Gasteiger partial charge on any atom is 0.0404 e. The molecule has 1 rings (SSSR count). The van der Waals surface area contributed by atoms with Crippen LogP contribution in [0.1, 0.15) is 5.56 Å². The summed E-state index contributed by atoms with van der Waals surface area (Å²) in [5.41, 5.74) is 2.39. The first-order valence-electron chi connectivity index (χ1n) is 4.45. The predicted molar refractivity (Wildman–Crippen MR) is 67.2 cm³/mol. The lowest BCUT2D eigenvalue weighted by Crippen LogP contribution is -1.99. The zero-order chi connectivity index (χ0) is 10.4. The van der Waals surface area contributed by atoms with Crippen molar-refractivity contribution < 1.29 is 0 Å². The third-order valence-electron chi connectivity index (χ3n) is 1.85. The Kier molecular flexibility index (Phi) is 5.05. The number of hydrogen-bond donors (Lipinski definition) is 1. The van der Waals surface area contributed by atoms with Crippen molar-refractivity contribution in [1.82, 2.24) is 0 Å². The van der Waals surface area contributed by atoms with Crippen LogP contribution in [0.4, 0.5) is 5.69 Å². The number of aryl methyl sites for hydroxylation is 1. The Morgan fingerprint density at radius 3 is 2.86 bits per heavy atom. The Bertz CT molecular complexity index is 323. The lowest BCUT2D eigenvalue weighted by molar-refractivity contribution is 1.29. The Labute approximate surface area is 98.3 Å². The van der Waals surface area contributed by atoms with Crippen LogP contribution in [-0.2, 0) is 0 Å². The number of anilines is 1. The average Bonchev–Trinajstić information content (AvgIpc) is 2.15. The molecule has 0 spiro atoms. The Morgan fingerprint density at radius 1 is 1.43 bits per heavy atom. The van der Waals surface area contributed by atoms with Crippen LogP contribution < -0.4 is 5.32 Å². The molecule has 0 saturated carbocycles. The van der Waals surface area contributed by atoms with Crippen LogP contribution >= 0.6 is 27.5 Å². The second-order valence-corrected chi connectivity index (χ2v) is 4.19. The van der Waals surface area contributed by atoms with E-state index in [1.54, 1.807) is 0 Å². The number of rotatable bonds is 4. The van der Waals surface area contributed by atoms with Crippen LogP contribution in [0.2, 0.25) is 0 Å². The molecule has 0 amide bonds. The van der Waals surface area contributed by atoms with Gasteiger partial charge in [-0.3, -0.25) is 0 Å². The van der Waals surface area contributed by atoms with Gasteiger partial charge in [-0.25, -0.2) is 0 Å². The molecule has 0 saturated heterocycles. The molecule has 1 nitrogen and oxygen atoms in total. The minimum Gasteiger partial charge on any atom is -0.381 e. The zero-order valence-corrected chi connectivity index (χ0v) is 10.4. The fraction of sp³-hybridized carbons (Fsp3) is 0.273. The summed E-state index contributed by atoms with van der Waals surface area (Å²) in [5, 5.41) is 3.31. The van der Waals surface area contributed by atoms with E-state index in [1.807, 2.05) is 18.2 Å². The van der Waals surface area contributed by atoms with Gasteiger partial charge in [0.15, 0.2) is 0 Å². The first-order chi connectivity index (χ1) is 6.74. The minimum absolute atomic E-state index is 0.570. The zero-order valence-electron chi connectivity index (χ0n) is 8.06. The van der Waals surface area contributed by atoms with E-state index in [0.29, 0.717) is 5.88 Å². The second-order valence-electron chi connectivity index (χ2n) is 2.97. The van der Waals surface area contributed by atoms with Gasteiger partial charge in [0.25, 0.3) is 0 Å². The number of nitrogens with one attached hydrogen (secondary N) is 1. The molecule has 0 aliphatic rings. The van der Waals surface area contributed by atoms with Gasteiger partial charge in [0.2, 0.25) is 0 Å². The second kappa shape index (κ2) is 6.10. The van der Waals surface area contributed by atoms with Crippen molar-refractivity contribution in [3.63, 3.8) is 0 Å². The summed E-state index contributed by atoms with van der Waals surface area (Å²) in [6, 6.07) is 6.18. The summed E-state index contributed by atoms with van der Waals surface area (Å²) in [7, 11) is 0. The summed E-state index contributed by atoms with van der Waals surface area (Å²) < 4.78 is 1.11. The van der Waals surface area contributed by atoms with E-state index in [1.165, 1.54) is 5.56 Å². The van der Waals surface area contributed by atoms with Crippen LogP contribution in [0, 0.1) is 6.92 Å². The fourth-order valence-corrected chi connectivity index (χ4v) is 1.74. The number of hydrogen-bond acceptors (Lipinski definition) is 1. The van der Waals surface area contributed by atoms with E-state index in [4.69, 9.17) is 11.6 Å². The molecule has 14 heavy (non-hydrogen) atoms. The summed E-state index contributed by atoms with van der Waals surface area (Å²) in [4.78, 5) is 0. The van der Waals surface area contributed by atoms with Crippen molar-refractivity contribution in [2.75, 3.05) is 17.7 Å². The summed E-state index contributed by atoms with van der Waals surface area (Å²) in [6.07, 6.45) is 3.96. The maximum absolute atomic E-state index is 5.51. The molecule has 0 aromatic heterocycles. The molecule has 0 aliphatic heterocycles. The number of alkyl halides is 1. The van der Waals surface area contributed by atoms with Crippen LogP contribution in [0.3, 0.4) is 0 Å². The topological polar surface area (TPSA) is 12.0 Å². The van der Waals surface area contributed by atoms with Crippen LogP contribution in [0.15, 0.2) is 34.8 Å². The summed E-state index contributed by atoms with van der Waals surface area (Å²) in [6.45, 7) is 2.90. The Balaban J connectivity index is 2.55. The normalized spacial score (nSPS) is 10.8. The molecule has 1 aromatic rings. The third-order valence-corrected chi connectivity index (χ3v) is 2.53. The van der Waals surface area contributed by atoms with Crippen molar-refractivity contribution in [3.8, 4) is 0 Å². The van der Waals surface area contributed by atoms with Crippen LogP contribution in [0.25, 0.3) is 0 Å². The molecule has 0 heterocycles. The first-order valence-corrected chi connectivity index (χ1v) is 5.78. The Hall–Kier alpha value is -0.470. The molecule has 1 N–H and O–H groups in total. The van der Waals surface area contributed by atoms with Crippen molar-refractivity contribution in [2.24, 2.45) is 0 Å². The SMILES string of the molecule is Cc1cc(Br)ccc1NC/C=C/CCl. The lowest BCUT2D eigenvalue weighted by Gasteiger charge is -2.07. The van der Waals surface area contributed by atoms with Gasteiger partial charge in [0.05, 0.1) is 0 Å².